The largest absolute Gasteiger partial charge is 0.371 e. The third-order valence-corrected chi connectivity index (χ3v) is 5.97. The van der Waals surface area contributed by atoms with Crippen LogP contribution >= 0.6 is 23.2 Å². The Hall–Kier alpha value is -1.86. The Bertz CT molecular complexity index is 949. The van der Waals surface area contributed by atoms with Crippen molar-refractivity contribution in [3.63, 3.8) is 0 Å². The van der Waals surface area contributed by atoms with Crippen LogP contribution in [0.2, 0.25) is 10.0 Å². The van der Waals surface area contributed by atoms with Crippen LogP contribution in [0.25, 0.3) is 16.6 Å². The minimum atomic E-state index is -0.288. The first kappa shape index (κ1) is 18.5. The number of benzene rings is 1. The lowest BCUT2D eigenvalue weighted by Gasteiger charge is -2.28. The Labute approximate surface area is 167 Å². The maximum atomic E-state index is 9.05. The monoisotopic (exact) mass is 406 g/mol. The molecule has 1 N–H and O–H groups in total. The van der Waals surface area contributed by atoms with E-state index < -0.39 is 0 Å². The van der Waals surface area contributed by atoms with Gasteiger partial charge in [-0.1, -0.05) is 30.1 Å². The molecule has 4 rings (SSSR count). The van der Waals surface area contributed by atoms with Gasteiger partial charge >= 0.3 is 0 Å². The van der Waals surface area contributed by atoms with Gasteiger partial charge in [0.1, 0.15) is 12.6 Å². The van der Waals surface area contributed by atoms with Crippen molar-refractivity contribution in [2.45, 2.75) is 19.4 Å². The number of halogens is 2. The van der Waals surface area contributed by atoms with Gasteiger partial charge in [0.05, 0.1) is 40.2 Å². The normalized spacial score (nSPS) is 19.9. The van der Waals surface area contributed by atoms with E-state index in [1.165, 1.54) is 0 Å². The third kappa shape index (κ3) is 3.38. The Morgan fingerprint density at radius 3 is 2.93 bits per heavy atom. The second-order valence-corrected chi connectivity index (χ2v) is 7.54. The molecule has 0 unspecified atom stereocenters. The molecule has 1 fully saturated rings. The van der Waals surface area contributed by atoms with E-state index in [4.69, 9.17) is 38.0 Å². The molecule has 0 bridgehead atoms. The minimum Gasteiger partial charge on any atom is -0.371 e. The molecule has 1 aliphatic rings. The summed E-state index contributed by atoms with van der Waals surface area (Å²) in [6.45, 7) is 3.21. The summed E-state index contributed by atoms with van der Waals surface area (Å²) in [5.74, 6) is 1.24. The van der Waals surface area contributed by atoms with E-state index >= 15 is 0 Å². The first-order valence-corrected chi connectivity index (χ1v) is 9.58. The molecule has 0 amide bonds. The van der Waals surface area contributed by atoms with Crippen molar-refractivity contribution in [2.24, 2.45) is 5.92 Å². The highest BCUT2D eigenvalue weighted by Gasteiger charge is 2.33. The van der Waals surface area contributed by atoms with Crippen molar-refractivity contribution < 1.29 is 9.84 Å². The lowest BCUT2D eigenvalue weighted by Crippen LogP contribution is -2.37. The lowest BCUT2D eigenvalue weighted by atomic mass is 10.0. The van der Waals surface area contributed by atoms with Crippen LogP contribution in [0.15, 0.2) is 36.9 Å². The molecule has 1 aromatic carbocycles. The number of aliphatic hydroxyl groups is 1. The van der Waals surface area contributed by atoms with Crippen LogP contribution in [0.3, 0.4) is 0 Å². The van der Waals surface area contributed by atoms with Crippen molar-refractivity contribution in [3.05, 3.63) is 47.0 Å². The highest BCUT2D eigenvalue weighted by Crippen LogP contribution is 2.37. The summed E-state index contributed by atoms with van der Waals surface area (Å²) < 4.78 is 7.24. The molecule has 0 aliphatic carbocycles. The van der Waals surface area contributed by atoms with E-state index in [1.807, 2.05) is 22.9 Å². The summed E-state index contributed by atoms with van der Waals surface area (Å²) in [7, 11) is 0. The fourth-order valence-corrected chi connectivity index (χ4v) is 4.04. The zero-order valence-electron chi connectivity index (χ0n) is 14.8. The topological polar surface area (TPSA) is 63.4 Å². The molecule has 0 spiro atoms. The fourth-order valence-electron chi connectivity index (χ4n) is 3.69. The minimum absolute atomic E-state index is 0.135. The number of fused-ring (bicyclic) bond motifs is 1. The zero-order chi connectivity index (χ0) is 19.0. The predicted octanol–water partition coefficient (Wildman–Crippen LogP) is 3.91. The van der Waals surface area contributed by atoms with Gasteiger partial charge < -0.3 is 19.3 Å². The first-order valence-electron chi connectivity index (χ1n) is 8.82. The molecular formula is C19H20Cl2N4O2. The van der Waals surface area contributed by atoms with Gasteiger partial charge in [-0.25, -0.2) is 9.97 Å². The van der Waals surface area contributed by atoms with Crippen LogP contribution < -0.4 is 4.90 Å². The van der Waals surface area contributed by atoms with Crippen LogP contribution in [0, 0.1) is 5.92 Å². The van der Waals surface area contributed by atoms with Crippen LogP contribution in [0.5, 0.6) is 0 Å². The number of hydrogen-bond acceptors (Lipinski definition) is 5. The summed E-state index contributed by atoms with van der Waals surface area (Å²) in [6.07, 6.45) is 6.40. The highest BCUT2D eigenvalue weighted by atomic mass is 35.5. The third-order valence-electron chi connectivity index (χ3n) is 5.18. The van der Waals surface area contributed by atoms with Gasteiger partial charge in [-0.2, -0.15) is 0 Å². The van der Waals surface area contributed by atoms with Gasteiger partial charge in [0, 0.05) is 30.4 Å². The SMILES string of the molecule is C[C@H]1CCN(c2cc(-n3ccnc3)c3ccc(Cl)c(Cl)c3n2)[C@@H]1COCO. The maximum absolute atomic E-state index is 9.05. The Kier molecular flexibility index (Phi) is 5.23. The molecule has 1 aliphatic heterocycles. The Morgan fingerprint density at radius 2 is 2.19 bits per heavy atom. The van der Waals surface area contributed by atoms with Gasteiger partial charge in [0.15, 0.2) is 0 Å². The van der Waals surface area contributed by atoms with E-state index in [1.54, 1.807) is 18.6 Å². The predicted molar refractivity (Wildman–Crippen MR) is 107 cm³/mol. The summed E-state index contributed by atoms with van der Waals surface area (Å²) in [5, 5.41) is 10.9. The molecule has 6 nitrogen and oxygen atoms in total. The number of pyridine rings is 1. The summed E-state index contributed by atoms with van der Waals surface area (Å²) in [5.41, 5.74) is 1.60. The highest BCUT2D eigenvalue weighted by molar-refractivity contribution is 6.45. The lowest BCUT2D eigenvalue weighted by molar-refractivity contribution is -0.0101. The van der Waals surface area contributed by atoms with Crippen molar-refractivity contribution in [1.29, 1.82) is 0 Å². The van der Waals surface area contributed by atoms with E-state index in [-0.39, 0.29) is 12.8 Å². The van der Waals surface area contributed by atoms with E-state index in [0.717, 1.165) is 29.9 Å². The second kappa shape index (κ2) is 7.64. The standard InChI is InChI=1S/C19H20Cl2N4O2/c1-12-4-6-25(16(12)9-27-11-26)17-8-15(24-7-5-22-10-24)13-2-3-14(20)18(21)19(13)23-17/h2-3,5,7-8,10,12,16,26H,4,6,9,11H2,1H3/t12-,16+/m0/s1. The number of aromatic nitrogens is 3. The number of rotatable bonds is 5. The van der Waals surface area contributed by atoms with Crippen LogP contribution in [0.4, 0.5) is 5.82 Å². The molecule has 3 heterocycles. The molecule has 27 heavy (non-hydrogen) atoms. The fraction of sp³-hybridized carbons (Fsp3) is 0.368. The molecular weight excluding hydrogens is 387 g/mol. The summed E-state index contributed by atoms with van der Waals surface area (Å²) in [6, 6.07) is 5.88. The van der Waals surface area contributed by atoms with Crippen molar-refractivity contribution >= 4 is 39.9 Å². The van der Waals surface area contributed by atoms with Crippen LogP contribution in [-0.4, -0.2) is 45.6 Å². The quantitative estimate of drug-likeness (QED) is 0.650. The van der Waals surface area contributed by atoms with E-state index in [9.17, 15) is 0 Å². The zero-order valence-corrected chi connectivity index (χ0v) is 16.4. The average molecular weight is 407 g/mol. The summed E-state index contributed by atoms with van der Waals surface area (Å²) >= 11 is 12.7. The molecule has 1 saturated heterocycles. The number of hydrogen-bond donors (Lipinski definition) is 1. The molecule has 2 aromatic heterocycles. The average Bonchev–Trinajstić information content (AvgIpc) is 3.32. The number of aliphatic hydroxyl groups excluding tert-OH is 1. The number of nitrogens with zero attached hydrogens (tertiary/aromatic N) is 4. The van der Waals surface area contributed by atoms with E-state index in [0.29, 0.717) is 28.1 Å². The van der Waals surface area contributed by atoms with E-state index in [2.05, 4.69) is 16.8 Å². The summed E-state index contributed by atoms with van der Waals surface area (Å²) in [4.78, 5) is 11.2. The van der Waals surface area contributed by atoms with Gasteiger partial charge in [-0.05, 0) is 24.5 Å². The van der Waals surface area contributed by atoms with Gasteiger partial charge in [-0.15, -0.1) is 0 Å². The van der Waals surface area contributed by atoms with Crippen LogP contribution in [-0.2, 0) is 4.74 Å². The van der Waals surface area contributed by atoms with Crippen molar-refractivity contribution in [1.82, 2.24) is 14.5 Å². The van der Waals surface area contributed by atoms with Gasteiger partial charge in [0.25, 0.3) is 0 Å². The maximum Gasteiger partial charge on any atom is 0.143 e. The molecule has 3 aromatic rings. The molecule has 0 saturated carbocycles. The number of anilines is 1. The molecule has 2 atom stereocenters. The Morgan fingerprint density at radius 1 is 1.33 bits per heavy atom. The molecule has 142 valence electrons. The number of imidazole rings is 1. The van der Waals surface area contributed by atoms with Crippen molar-refractivity contribution in [2.75, 3.05) is 24.8 Å². The van der Waals surface area contributed by atoms with Gasteiger partial charge in [0.2, 0.25) is 0 Å². The molecule has 8 heteroatoms. The second-order valence-electron chi connectivity index (χ2n) is 6.75. The Balaban J connectivity index is 1.87. The molecule has 0 radical (unpaired) electrons. The number of ether oxygens (including phenoxy) is 1. The smallest absolute Gasteiger partial charge is 0.143 e. The van der Waals surface area contributed by atoms with Crippen LogP contribution in [0.1, 0.15) is 13.3 Å². The van der Waals surface area contributed by atoms with Crippen molar-refractivity contribution in [3.8, 4) is 5.69 Å². The van der Waals surface area contributed by atoms with Gasteiger partial charge in [-0.3, -0.25) is 0 Å². The first-order chi connectivity index (χ1) is 13.1.